The maximum absolute atomic E-state index is 13.8. The van der Waals surface area contributed by atoms with Gasteiger partial charge in [0.05, 0.1) is 0 Å². The van der Waals surface area contributed by atoms with E-state index in [4.69, 9.17) is 0 Å². The molecule has 1 aliphatic rings. The number of halogens is 1. The van der Waals surface area contributed by atoms with E-state index in [1.807, 2.05) is 29.1 Å². The van der Waals surface area contributed by atoms with Crippen LogP contribution >= 0.6 is 0 Å². The van der Waals surface area contributed by atoms with E-state index in [-0.39, 0.29) is 11.8 Å². The number of aromatic nitrogens is 2. The van der Waals surface area contributed by atoms with E-state index in [2.05, 4.69) is 23.8 Å². The van der Waals surface area contributed by atoms with E-state index < -0.39 is 5.67 Å². The van der Waals surface area contributed by atoms with Crippen molar-refractivity contribution in [1.82, 2.24) is 14.7 Å². The Hall–Kier alpha value is -1.75. The molecule has 0 radical (unpaired) electrons. The first-order chi connectivity index (χ1) is 12.7. The maximum atomic E-state index is 13.8. The van der Waals surface area contributed by atoms with Gasteiger partial charge in [0.2, 0.25) is 0 Å². The molecule has 0 aliphatic carbocycles. The van der Waals surface area contributed by atoms with Crippen molar-refractivity contribution in [3.05, 3.63) is 30.0 Å². The summed E-state index contributed by atoms with van der Waals surface area (Å²) >= 11 is 0. The smallest absolute Gasteiger partial charge is 0.165 e. The molecular weight excluding hydrogens is 341 g/mol. The summed E-state index contributed by atoms with van der Waals surface area (Å²) in [6.07, 6.45) is 5.59. The third-order valence-corrected chi connectivity index (χ3v) is 5.47. The molecule has 4 nitrogen and oxygen atoms in total. The van der Waals surface area contributed by atoms with E-state index >= 15 is 0 Å². The highest BCUT2D eigenvalue weighted by Crippen LogP contribution is 2.26. The third-order valence-electron chi connectivity index (χ3n) is 5.47. The molecular formula is C22H32FN3O. The molecule has 2 aromatic rings. The van der Waals surface area contributed by atoms with Crippen LogP contribution in [-0.2, 0) is 0 Å². The molecule has 5 heteroatoms. The van der Waals surface area contributed by atoms with Crippen LogP contribution in [0.2, 0.25) is 0 Å². The van der Waals surface area contributed by atoms with Crippen molar-refractivity contribution in [3.63, 3.8) is 0 Å². The molecule has 0 bridgehead atoms. The summed E-state index contributed by atoms with van der Waals surface area (Å²) in [6, 6.07) is 6.13. The lowest BCUT2D eigenvalue weighted by atomic mass is 9.89. The zero-order valence-electron chi connectivity index (χ0n) is 17.0. The number of hydrogen-bond donors (Lipinski definition) is 0. The van der Waals surface area contributed by atoms with E-state index in [1.54, 1.807) is 13.8 Å². The predicted molar refractivity (Wildman–Crippen MR) is 108 cm³/mol. The molecule has 27 heavy (non-hydrogen) atoms. The van der Waals surface area contributed by atoms with Crippen molar-refractivity contribution in [3.8, 4) is 0 Å². The Balaban J connectivity index is 1.57. The number of carbonyl (C=O) groups excluding carboxylic acids is 1. The highest BCUT2D eigenvalue weighted by molar-refractivity contribution is 6.06. The lowest BCUT2D eigenvalue weighted by molar-refractivity contribution is 0.0889. The minimum Gasteiger partial charge on any atom is -0.300 e. The fourth-order valence-corrected chi connectivity index (χ4v) is 3.99. The number of ketones is 1. The Bertz CT molecular complexity index is 782. The standard InChI is InChI=1S/C22H32FN3O/c1-16(2)26-14-18-6-5-7-19(21(18)24-26)20(27)9-8-17-10-12-25(13-11-17)15-22(3,4)23/h5-7,14,16-17H,8-13,15H2,1-4H3. The van der Waals surface area contributed by atoms with Gasteiger partial charge >= 0.3 is 0 Å². The predicted octanol–water partition coefficient (Wildman–Crippen LogP) is 5.04. The second-order valence-corrected chi connectivity index (χ2v) is 8.85. The number of hydrogen-bond acceptors (Lipinski definition) is 3. The normalized spacial score (nSPS) is 17.1. The first-order valence-corrected chi connectivity index (χ1v) is 10.2. The molecule has 1 fully saturated rings. The lowest BCUT2D eigenvalue weighted by Gasteiger charge is -2.34. The number of rotatable bonds is 7. The van der Waals surface area contributed by atoms with Gasteiger partial charge in [-0.25, -0.2) is 4.39 Å². The number of carbonyl (C=O) groups is 1. The summed E-state index contributed by atoms with van der Waals surface area (Å²) in [4.78, 5) is 15.0. The molecule has 148 valence electrons. The number of piperidine rings is 1. The molecule has 1 aliphatic heterocycles. The summed E-state index contributed by atoms with van der Waals surface area (Å²) in [5.74, 6) is 0.738. The monoisotopic (exact) mass is 373 g/mol. The van der Waals surface area contributed by atoms with Crippen molar-refractivity contribution >= 4 is 16.7 Å². The van der Waals surface area contributed by atoms with Crippen LogP contribution in [0.5, 0.6) is 0 Å². The Kier molecular flexibility index (Phi) is 5.99. The number of alkyl halides is 1. The van der Waals surface area contributed by atoms with Gasteiger partial charge < -0.3 is 4.90 Å². The molecule has 2 heterocycles. The van der Waals surface area contributed by atoms with Gasteiger partial charge in [0.25, 0.3) is 0 Å². The summed E-state index contributed by atoms with van der Waals surface area (Å²) in [6.45, 7) is 9.81. The van der Waals surface area contributed by atoms with Crippen molar-refractivity contribution in [1.29, 1.82) is 0 Å². The maximum Gasteiger partial charge on any atom is 0.165 e. The molecule has 1 aromatic heterocycles. The van der Waals surface area contributed by atoms with Gasteiger partial charge in [0, 0.05) is 36.2 Å². The number of fused-ring (bicyclic) bond motifs is 1. The number of benzene rings is 1. The zero-order valence-corrected chi connectivity index (χ0v) is 17.0. The van der Waals surface area contributed by atoms with Crippen LogP contribution in [0.3, 0.4) is 0 Å². The van der Waals surface area contributed by atoms with Crippen molar-refractivity contribution in [2.24, 2.45) is 5.92 Å². The van der Waals surface area contributed by atoms with Gasteiger partial charge in [-0.3, -0.25) is 9.48 Å². The molecule has 0 atom stereocenters. The molecule has 0 N–H and O–H groups in total. The fourth-order valence-electron chi connectivity index (χ4n) is 3.99. The molecule has 1 saturated heterocycles. The molecule has 0 spiro atoms. The molecule has 0 unspecified atom stereocenters. The summed E-state index contributed by atoms with van der Waals surface area (Å²) in [5.41, 5.74) is 0.417. The van der Waals surface area contributed by atoms with Crippen LogP contribution in [0.4, 0.5) is 4.39 Å². The molecule has 1 aromatic carbocycles. The Morgan fingerprint density at radius 2 is 2.00 bits per heavy atom. The second kappa shape index (κ2) is 8.09. The summed E-state index contributed by atoms with van der Waals surface area (Å²) in [7, 11) is 0. The zero-order chi connectivity index (χ0) is 19.6. The van der Waals surface area contributed by atoms with E-state index in [1.165, 1.54) is 0 Å². The van der Waals surface area contributed by atoms with Gasteiger partial charge in [-0.15, -0.1) is 0 Å². The van der Waals surface area contributed by atoms with Crippen LogP contribution in [-0.4, -0.2) is 45.8 Å². The minimum absolute atomic E-state index is 0.182. The summed E-state index contributed by atoms with van der Waals surface area (Å²) < 4.78 is 15.7. The first-order valence-electron chi connectivity index (χ1n) is 10.2. The number of nitrogens with zero attached hydrogens (tertiary/aromatic N) is 3. The Morgan fingerprint density at radius 3 is 2.63 bits per heavy atom. The van der Waals surface area contributed by atoms with Crippen LogP contribution in [0.15, 0.2) is 24.4 Å². The van der Waals surface area contributed by atoms with E-state index in [0.717, 1.165) is 48.8 Å². The van der Waals surface area contributed by atoms with E-state index in [9.17, 15) is 9.18 Å². The topological polar surface area (TPSA) is 38.1 Å². The van der Waals surface area contributed by atoms with E-state index in [0.29, 0.717) is 18.9 Å². The van der Waals surface area contributed by atoms with Crippen LogP contribution in [0.1, 0.15) is 69.8 Å². The Labute approximate surface area is 161 Å². The van der Waals surface area contributed by atoms with Crippen LogP contribution in [0.25, 0.3) is 10.9 Å². The van der Waals surface area contributed by atoms with Gasteiger partial charge in [0.1, 0.15) is 11.2 Å². The van der Waals surface area contributed by atoms with Gasteiger partial charge in [0.15, 0.2) is 5.78 Å². The number of Topliss-reactive ketones (excluding diaryl/α,β-unsaturated/α-hetero) is 1. The molecule has 0 amide bonds. The van der Waals surface area contributed by atoms with Gasteiger partial charge in [-0.1, -0.05) is 12.1 Å². The number of likely N-dealkylation sites (tertiary alicyclic amines) is 1. The van der Waals surface area contributed by atoms with Gasteiger partial charge in [-0.05, 0) is 72.0 Å². The SMILES string of the molecule is CC(C)n1cc2cccc(C(=O)CCC3CCN(CC(C)(C)F)CC3)c2n1. The van der Waals surface area contributed by atoms with Crippen molar-refractivity contribution < 1.29 is 9.18 Å². The van der Waals surface area contributed by atoms with Crippen molar-refractivity contribution in [2.45, 2.75) is 65.1 Å². The molecule has 3 rings (SSSR count). The fraction of sp³-hybridized carbons (Fsp3) is 0.636. The highest BCUT2D eigenvalue weighted by atomic mass is 19.1. The first kappa shape index (κ1) is 20.0. The van der Waals surface area contributed by atoms with Crippen LogP contribution < -0.4 is 0 Å². The van der Waals surface area contributed by atoms with Crippen LogP contribution in [0, 0.1) is 5.92 Å². The summed E-state index contributed by atoms with van der Waals surface area (Å²) in [5, 5.41) is 5.65. The largest absolute Gasteiger partial charge is 0.300 e. The lowest BCUT2D eigenvalue weighted by Crippen LogP contribution is -2.41. The van der Waals surface area contributed by atoms with Crippen molar-refractivity contribution in [2.75, 3.05) is 19.6 Å². The van der Waals surface area contributed by atoms with Gasteiger partial charge in [-0.2, -0.15) is 5.10 Å². The quantitative estimate of drug-likeness (QED) is 0.638. The Morgan fingerprint density at radius 1 is 1.30 bits per heavy atom. The average molecular weight is 374 g/mol. The highest BCUT2D eigenvalue weighted by Gasteiger charge is 2.25. The molecule has 0 saturated carbocycles. The minimum atomic E-state index is -1.14. The average Bonchev–Trinajstić information content (AvgIpc) is 3.04. The second-order valence-electron chi connectivity index (χ2n) is 8.85. The third kappa shape index (κ3) is 5.16.